The van der Waals surface area contributed by atoms with E-state index in [2.05, 4.69) is 19.7 Å². The molecule has 2 aliphatic heterocycles. The van der Waals surface area contributed by atoms with Crippen molar-refractivity contribution in [2.45, 2.75) is 38.8 Å². The second kappa shape index (κ2) is 7.45. The molecule has 0 bridgehead atoms. The van der Waals surface area contributed by atoms with Crippen molar-refractivity contribution in [1.82, 2.24) is 24.3 Å². The highest BCUT2D eigenvalue weighted by molar-refractivity contribution is 5.96. The number of alkyl halides is 3. The average molecular weight is 498 g/mol. The number of hydrogen-bond donors (Lipinski definition) is 1. The molecule has 186 valence electrons. The summed E-state index contributed by atoms with van der Waals surface area (Å²) in [5.41, 5.74) is 8.28. The van der Waals surface area contributed by atoms with Gasteiger partial charge in [0.2, 0.25) is 0 Å². The van der Waals surface area contributed by atoms with Crippen LogP contribution < -0.4 is 15.2 Å². The average Bonchev–Trinajstić information content (AvgIpc) is 3.41. The molecule has 5 heterocycles. The summed E-state index contributed by atoms with van der Waals surface area (Å²) in [4.78, 5) is 28.4. The molecule has 1 aromatic carbocycles. The number of carbonyl (C=O) groups is 1. The second-order valence-electron chi connectivity index (χ2n) is 9.85. The third-order valence-electron chi connectivity index (χ3n) is 6.60. The third-order valence-corrected chi connectivity index (χ3v) is 6.60. The number of benzene rings is 1. The normalized spacial score (nSPS) is 20.8. The summed E-state index contributed by atoms with van der Waals surface area (Å²) in [6.07, 6.45) is 0.0545. The van der Waals surface area contributed by atoms with E-state index in [1.807, 2.05) is 13.8 Å². The highest BCUT2D eigenvalue weighted by Crippen LogP contribution is 2.50. The lowest BCUT2D eigenvalue weighted by molar-refractivity contribution is -0.274. The molecule has 6 rings (SSSR count). The van der Waals surface area contributed by atoms with Crippen LogP contribution in [0.1, 0.15) is 42.4 Å². The van der Waals surface area contributed by atoms with E-state index in [0.717, 1.165) is 0 Å². The number of likely N-dealkylation sites (tertiary alicyclic amines) is 1. The Bertz CT molecular complexity index is 1530. The molecule has 0 aliphatic carbocycles. The van der Waals surface area contributed by atoms with E-state index in [9.17, 15) is 18.0 Å². The standard InChI is InChI=1S/C24H21F3N6O3/c1-23(2)7-19-20(13-4-3-12(5-18(13)35-19)36-24(25,26)27)32(10-23)22(34)14-6-16-15(8-30-14)31-21(28)17-9-29-11-33(16)17/h3-6,8-9,11,19-20H,7,10H2,1-2H3,(H2,28,31)/t19?,20-/m0/s1. The fraction of sp³-hybridized carbons (Fsp3) is 0.333. The molecule has 1 amide bonds. The second-order valence-corrected chi connectivity index (χ2v) is 9.85. The highest BCUT2D eigenvalue weighted by atomic mass is 19.4. The van der Waals surface area contributed by atoms with E-state index in [1.165, 1.54) is 24.4 Å². The lowest BCUT2D eigenvalue weighted by atomic mass is 9.78. The number of hydrogen-bond acceptors (Lipinski definition) is 7. The molecule has 9 nitrogen and oxygen atoms in total. The van der Waals surface area contributed by atoms with Crippen molar-refractivity contribution in [2.24, 2.45) is 5.41 Å². The highest BCUT2D eigenvalue weighted by Gasteiger charge is 2.49. The molecule has 0 spiro atoms. The van der Waals surface area contributed by atoms with E-state index >= 15 is 0 Å². The first-order chi connectivity index (χ1) is 17.0. The fourth-order valence-corrected chi connectivity index (χ4v) is 5.22. The van der Waals surface area contributed by atoms with Crippen molar-refractivity contribution in [3.63, 3.8) is 0 Å². The van der Waals surface area contributed by atoms with Crippen molar-refractivity contribution in [3.8, 4) is 11.5 Å². The molecule has 2 atom stereocenters. The van der Waals surface area contributed by atoms with Gasteiger partial charge in [0.25, 0.3) is 5.91 Å². The van der Waals surface area contributed by atoms with Gasteiger partial charge in [-0.05, 0) is 30.0 Å². The lowest BCUT2D eigenvalue weighted by Gasteiger charge is -2.44. The van der Waals surface area contributed by atoms with E-state index < -0.39 is 18.5 Å². The van der Waals surface area contributed by atoms with Crippen LogP contribution in [0.25, 0.3) is 16.6 Å². The van der Waals surface area contributed by atoms with Gasteiger partial charge in [0.15, 0.2) is 0 Å². The van der Waals surface area contributed by atoms with Crippen LogP contribution in [-0.4, -0.2) is 49.2 Å². The van der Waals surface area contributed by atoms with Crippen molar-refractivity contribution in [3.05, 3.63) is 54.2 Å². The number of nitrogen functional groups attached to an aromatic ring is 1. The van der Waals surface area contributed by atoms with Crippen molar-refractivity contribution in [1.29, 1.82) is 0 Å². The maximum atomic E-state index is 13.8. The van der Waals surface area contributed by atoms with Gasteiger partial charge in [-0.1, -0.05) is 13.8 Å². The largest absolute Gasteiger partial charge is 0.573 e. The molecule has 2 aliphatic rings. The minimum atomic E-state index is -4.81. The first-order valence-electron chi connectivity index (χ1n) is 11.2. The maximum absolute atomic E-state index is 13.8. The van der Waals surface area contributed by atoms with E-state index in [-0.39, 0.29) is 28.5 Å². The first kappa shape index (κ1) is 22.4. The number of piperidine rings is 1. The zero-order valence-corrected chi connectivity index (χ0v) is 19.3. The molecule has 12 heteroatoms. The van der Waals surface area contributed by atoms with Gasteiger partial charge < -0.3 is 20.1 Å². The Hall–Kier alpha value is -4.09. The minimum Gasteiger partial charge on any atom is -0.487 e. The number of amides is 1. The predicted molar refractivity (Wildman–Crippen MR) is 122 cm³/mol. The summed E-state index contributed by atoms with van der Waals surface area (Å²) in [5, 5.41) is 0. The molecule has 1 fully saturated rings. The smallest absolute Gasteiger partial charge is 0.487 e. The number of rotatable bonds is 2. The Balaban J connectivity index is 1.40. The van der Waals surface area contributed by atoms with Crippen LogP contribution in [0.2, 0.25) is 0 Å². The van der Waals surface area contributed by atoms with Gasteiger partial charge in [0.05, 0.1) is 30.3 Å². The molecule has 36 heavy (non-hydrogen) atoms. The summed E-state index contributed by atoms with van der Waals surface area (Å²) >= 11 is 0. The number of fused-ring (bicyclic) bond motifs is 6. The van der Waals surface area contributed by atoms with Crippen LogP contribution in [0.5, 0.6) is 11.5 Å². The Morgan fingerprint density at radius 3 is 2.81 bits per heavy atom. The van der Waals surface area contributed by atoms with E-state index in [1.54, 1.807) is 27.9 Å². The molecular formula is C24H21F3N6O3. The SMILES string of the molecule is CC1(C)CC2Oc3cc(OC(F)(F)F)ccc3[C@@H]2N(C(=O)c2cc3c(cn2)nc(N)c2cncn23)C1. The van der Waals surface area contributed by atoms with Gasteiger partial charge in [-0.25, -0.2) is 15.0 Å². The van der Waals surface area contributed by atoms with Gasteiger partial charge >= 0.3 is 6.36 Å². The molecule has 3 aromatic heterocycles. The Morgan fingerprint density at radius 1 is 1.22 bits per heavy atom. The number of imidazole rings is 1. The number of carbonyl (C=O) groups excluding carboxylic acids is 1. The summed E-state index contributed by atoms with van der Waals surface area (Å²) < 4.78 is 50.0. The van der Waals surface area contributed by atoms with E-state index in [4.69, 9.17) is 10.5 Å². The summed E-state index contributed by atoms with van der Waals surface area (Å²) in [5.74, 6) is -0.121. The van der Waals surface area contributed by atoms with Crippen LogP contribution >= 0.6 is 0 Å². The van der Waals surface area contributed by atoms with Gasteiger partial charge in [0, 0.05) is 18.2 Å². The number of nitrogens with zero attached hydrogens (tertiary/aromatic N) is 5. The Kier molecular flexibility index (Phi) is 4.63. The Morgan fingerprint density at radius 2 is 2.03 bits per heavy atom. The fourth-order valence-electron chi connectivity index (χ4n) is 5.22. The molecule has 1 unspecified atom stereocenters. The first-order valence-corrected chi connectivity index (χ1v) is 11.2. The van der Waals surface area contributed by atoms with Crippen LogP contribution in [0.3, 0.4) is 0 Å². The quantitative estimate of drug-likeness (QED) is 0.443. The number of halogens is 3. The van der Waals surface area contributed by atoms with Gasteiger partial charge in [-0.2, -0.15) is 0 Å². The maximum Gasteiger partial charge on any atom is 0.573 e. The van der Waals surface area contributed by atoms with Crippen LogP contribution in [0, 0.1) is 5.41 Å². The van der Waals surface area contributed by atoms with Gasteiger partial charge in [-0.3, -0.25) is 9.20 Å². The molecule has 1 saturated heterocycles. The predicted octanol–water partition coefficient (Wildman–Crippen LogP) is 4.13. The zero-order chi connectivity index (χ0) is 25.4. The lowest BCUT2D eigenvalue weighted by Crippen LogP contribution is -2.51. The Labute approximate surface area is 202 Å². The molecular weight excluding hydrogens is 477 g/mol. The summed E-state index contributed by atoms with van der Waals surface area (Å²) in [7, 11) is 0. The number of nitrogens with two attached hydrogens (primary N) is 1. The molecule has 0 radical (unpaired) electrons. The molecule has 2 N–H and O–H groups in total. The summed E-state index contributed by atoms with van der Waals surface area (Å²) in [6, 6.07) is 5.15. The molecule has 0 saturated carbocycles. The number of pyridine rings is 1. The van der Waals surface area contributed by atoms with E-state index in [0.29, 0.717) is 40.9 Å². The number of aromatic nitrogens is 4. The van der Waals surface area contributed by atoms with Gasteiger partial charge in [-0.15, -0.1) is 13.2 Å². The third kappa shape index (κ3) is 3.64. The van der Waals surface area contributed by atoms with Crippen molar-refractivity contribution >= 4 is 28.3 Å². The van der Waals surface area contributed by atoms with Crippen LogP contribution in [-0.2, 0) is 0 Å². The zero-order valence-electron chi connectivity index (χ0n) is 19.3. The topological polar surface area (TPSA) is 108 Å². The summed E-state index contributed by atoms with van der Waals surface area (Å²) in [6.45, 7) is 4.45. The van der Waals surface area contributed by atoms with Crippen molar-refractivity contribution < 1.29 is 27.4 Å². The monoisotopic (exact) mass is 498 g/mol. The number of ether oxygens (including phenoxy) is 2. The van der Waals surface area contributed by atoms with Crippen LogP contribution in [0.15, 0.2) is 43.0 Å². The number of anilines is 1. The molecule has 4 aromatic rings. The van der Waals surface area contributed by atoms with Crippen molar-refractivity contribution in [2.75, 3.05) is 12.3 Å². The van der Waals surface area contributed by atoms with Gasteiger partial charge in [0.1, 0.15) is 40.1 Å². The minimum absolute atomic E-state index is 0.200. The van der Waals surface area contributed by atoms with Crippen LogP contribution in [0.4, 0.5) is 19.0 Å².